The molecule has 0 unspecified atom stereocenters. The highest BCUT2D eigenvalue weighted by atomic mass is 15.3. The molecule has 0 amide bonds. The second-order valence-electron chi connectivity index (χ2n) is 6.67. The van der Waals surface area contributed by atoms with Crippen LogP contribution in [0.15, 0.2) is 90.1 Å². The lowest BCUT2D eigenvalue weighted by atomic mass is 10.0. The third kappa shape index (κ3) is 2.74. The molecule has 2 N–H and O–H groups in total. The lowest BCUT2D eigenvalue weighted by Gasteiger charge is -2.28. The van der Waals surface area contributed by atoms with E-state index in [2.05, 4.69) is 34.2 Å². The number of anilines is 2. The first-order chi connectivity index (χ1) is 13.8. The summed E-state index contributed by atoms with van der Waals surface area (Å²) in [5.41, 5.74) is 13.0. The largest absolute Gasteiger partial charge is 0.399 e. The van der Waals surface area contributed by atoms with Gasteiger partial charge in [0.1, 0.15) is 12.4 Å². The Hall–Kier alpha value is -3.86. The molecule has 0 fully saturated rings. The summed E-state index contributed by atoms with van der Waals surface area (Å²) < 4.78 is 1.92. The van der Waals surface area contributed by atoms with Gasteiger partial charge in [0, 0.05) is 29.3 Å². The van der Waals surface area contributed by atoms with E-state index < -0.39 is 0 Å². The van der Waals surface area contributed by atoms with E-state index in [1.54, 1.807) is 0 Å². The predicted molar refractivity (Wildman–Crippen MR) is 115 cm³/mol. The Balaban J connectivity index is 1.76. The van der Waals surface area contributed by atoms with Crippen LogP contribution in [-0.4, -0.2) is 22.5 Å². The molecule has 136 valence electrons. The van der Waals surface area contributed by atoms with Gasteiger partial charge in [0.25, 0.3) is 0 Å². The number of nitrogens with zero attached hydrogens (tertiary/aromatic N) is 4. The van der Waals surface area contributed by atoms with Crippen molar-refractivity contribution in [1.82, 2.24) is 9.61 Å². The van der Waals surface area contributed by atoms with Gasteiger partial charge in [-0.15, -0.1) is 0 Å². The lowest BCUT2D eigenvalue weighted by Crippen LogP contribution is -2.24. The van der Waals surface area contributed by atoms with Crippen molar-refractivity contribution in [3.63, 3.8) is 0 Å². The van der Waals surface area contributed by atoms with Gasteiger partial charge in [0.05, 0.1) is 16.8 Å². The van der Waals surface area contributed by atoms with Gasteiger partial charge in [0.2, 0.25) is 0 Å². The molecular formula is C23H19N5. The van der Waals surface area contributed by atoms with E-state index >= 15 is 0 Å². The number of allylic oxidation sites excluding steroid dienone is 1. The van der Waals surface area contributed by atoms with Crippen molar-refractivity contribution in [1.29, 1.82) is 0 Å². The second-order valence-corrected chi connectivity index (χ2v) is 6.67. The van der Waals surface area contributed by atoms with Crippen molar-refractivity contribution in [3.8, 4) is 11.3 Å². The molecule has 0 atom stereocenters. The predicted octanol–water partition coefficient (Wildman–Crippen LogP) is 4.47. The summed E-state index contributed by atoms with van der Waals surface area (Å²) in [6.07, 6.45) is 5.89. The van der Waals surface area contributed by atoms with Crippen LogP contribution >= 0.6 is 0 Å². The molecule has 5 heteroatoms. The summed E-state index contributed by atoms with van der Waals surface area (Å²) in [5.74, 6) is 0. The topological polar surface area (TPSA) is 58.9 Å². The third-order valence-corrected chi connectivity index (χ3v) is 4.88. The van der Waals surface area contributed by atoms with Crippen LogP contribution in [0, 0.1) is 0 Å². The maximum absolute atomic E-state index is 6.06. The normalized spacial score (nSPS) is 13.7. The molecule has 2 aromatic heterocycles. The first-order valence-electron chi connectivity index (χ1n) is 9.17. The van der Waals surface area contributed by atoms with Crippen molar-refractivity contribution >= 4 is 28.8 Å². The van der Waals surface area contributed by atoms with E-state index in [1.807, 2.05) is 71.5 Å². The number of para-hydroxylation sites is 1. The second kappa shape index (κ2) is 6.70. The minimum atomic E-state index is 0.566. The molecule has 0 bridgehead atoms. The highest BCUT2D eigenvalue weighted by Gasteiger charge is 2.24. The Morgan fingerprint density at radius 2 is 1.75 bits per heavy atom. The molecule has 3 heterocycles. The van der Waals surface area contributed by atoms with Crippen LogP contribution in [0.4, 0.5) is 11.4 Å². The molecule has 5 nitrogen and oxygen atoms in total. The molecule has 0 aliphatic carbocycles. The van der Waals surface area contributed by atoms with Gasteiger partial charge in [-0.2, -0.15) is 5.10 Å². The quantitative estimate of drug-likeness (QED) is 0.545. The van der Waals surface area contributed by atoms with Gasteiger partial charge in [-0.1, -0.05) is 36.4 Å². The van der Waals surface area contributed by atoms with Crippen LogP contribution in [-0.2, 0) is 0 Å². The number of aliphatic imine (C=N–C) groups is 1. The zero-order valence-corrected chi connectivity index (χ0v) is 15.2. The van der Waals surface area contributed by atoms with Crippen LogP contribution < -0.4 is 10.6 Å². The Bertz CT molecular complexity index is 1200. The van der Waals surface area contributed by atoms with E-state index in [0.717, 1.165) is 39.4 Å². The van der Waals surface area contributed by atoms with Gasteiger partial charge >= 0.3 is 0 Å². The fourth-order valence-electron chi connectivity index (χ4n) is 3.60. The Morgan fingerprint density at radius 1 is 0.893 bits per heavy atom. The van der Waals surface area contributed by atoms with Crippen molar-refractivity contribution in [3.05, 3.63) is 90.6 Å². The van der Waals surface area contributed by atoms with E-state index in [9.17, 15) is 0 Å². The standard InChI is InChI=1S/C23H19N5/c24-18-8-6-7-17(15-18)23-22(21-11-4-5-14-28(21)26-23)20-12-13-25-16-27(20)19-9-2-1-3-10-19/h1-15H,16,24H2. The lowest BCUT2D eigenvalue weighted by molar-refractivity contribution is 0.966. The van der Waals surface area contributed by atoms with E-state index in [-0.39, 0.29) is 0 Å². The monoisotopic (exact) mass is 365 g/mol. The van der Waals surface area contributed by atoms with Crippen molar-refractivity contribution in [2.24, 2.45) is 4.99 Å². The van der Waals surface area contributed by atoms with E-state index in [0.29, 0.717) is 6.67 Å². The summed E-state index contributed by atoms with van der Waals surface area (Å²) in [5, 5.41) is 4.88. The number of rotatable bonds is 3. The van der Waals surface area contributed by atoms with Gasteiger partial charge in [-0.05, 0) is 42.5 Å². The van der Waals surface area contributed by atoms with Gasteiger partial charge in [0.15, 0.2) is 0 Å². The minimum Gasteiger partial charge on any atom is -0.399 e. The smallest absolute Gasteiger partial charge is 0.114 e. The molecular weight excluding hydrogens is 346 g/mol. The Kier molecular flexibility index (Phi) is 3.91. The summed E-state index contributed by atoms with van der Waals surface area (Å²) >= 11 is 0. The van der Waals surface area contributed by atoms with Gasteiger partial charge < -0.3 is 10.6 Å². The molecule has 4 aromatic rings. The number of pyridine rings is 1. The molecule has 0 saturated heterocycles. The number of nitrogens with two attached hydrogens (primary N) is 1. The van der Waals surface area contributed by atoms with Crippen molar-refractivity contribution < 1.29 is 0 Å². The number of hydrogen-bond donors (Lipinski definition) is 1. The molecule has 5 rings (SSSR count). The summed E-state index contributed by atoms with van der Waals surface area (Å²) in [6.45, 7) is 0.566. The zero-order chi connectivity index (χ0) is 18.9. The van der Waals surface area contributed by atoms with E-state index in [1.165, 1.54) is 0 Å². The Labute approximate surface area is 163 Å². The highest BCUT2D eigenvalue weighted by Crippen LogP contribution is 2.36. The molecule has 2 aromatic carbocycles. The fraction of sp³-hybridized carbons (Fsp3) is 0.0435. The number of aromatic nitrogens is 2. The first-order valence-corrected chi connectivity index (χ1v) is 9.17. The highest BCUT2D eigenvalue weighted by molar-refractivity contribution is 6.00. The summed E-state index contributed by atoms with van der Waals surface area (Å²) in [7, 11) is 0. The molecule has 1 aliphatic heterocycles. The zero-order valence-electron chi connectivity index (χ0n) is 15.2. The fourth-order valence-corrected chi connectivity index (χ4v) is 3.60. The van der Waals surface area contributed by atoms with Crippen LogP contribution in [0.25, 0.3) is 22.5 Å². The van der Waals surface area contributed by atoms with Crippen LogP contribution in [0.3, 0.4) is 0 Å². The molecule has 0 spiro atoms. The van der Waals surface area contributed by atoms with Crippen molar-refractivity contribution in [2.45, 2.75) is 0 Å². The summed E-state index contributed by atoms with van der Waals surface area (Å²) in [4.78, 5) is 6.68. The molecule has 28 heavy (non-hydrogen) atoms. The SMILES string of the molecule is Nc1cccc(-c2nn3ccccc3c2C2=CC=NCN2c2ccccc2)c1. The maximum Gasteiger partial charge on any atom is 0.114 e. The average Bonchev–Trinajstić information content (AvgIpc) is 3.14. The van der Waals surface area contributed by atoms with Crippen LogP contribution in [0.5, 0.6) is 0 Å². The number of hydrogen-bond acceptors (Lipinski definition) is 4. The molecule has 0 radical (unpaired) electrons. The first kappa shape index (κ1) is 16.3. The van der Waals surface area contributed by atoms with Crippen LogP contribution in [0.1, 0.15) is 5.56 Å². The number of nitrogen functional groups attached to an aromatic ring is 1. The summed E-state index contributed by atoms with van der Waals surface area (Å²) in [6, 6.07) is 24.3. The van der Waals surface area contributed by atoms with Crippen molar-refractivity contribution in [2.75, 3.05) is 17.3 Å². The Morgan fingerprint density at radius 3 is 2.61 bits per heavy atom. The van der Waals surface area contributed by atoms with Gasteiger partial charge in [-0.25, -0.2) is 4.52 Å². The average molecular weight is 365 g/mol. The molecule has 1 aliphatic rings. The minimum absolute atomic E-state index is 0.566. The van der Waals surface area contributed by atoms with Crippen LogP contribution in [0.2, 0.25) is 0 Å². The maximum atomic E-state index is 6.06. The number of fused-ring (bicyclic) bond motifs is 1. The number of benzene rings is 2. The van der Waals surface area contributed by atoms with Gasteiger partial charge in [-0.3, -0.25) is 4.99 Å². The molecule has 0 saturated carbocycles. The third-order valence-electron chi connectivity index (χ3n) is 4.88. The van der Waals surface area contributed by atoms with E-state index in [4.69, 9.17) is 10.8 Å².